The second-order valence-electron chi connectivity index (χ2n) is 6.87. The van der Waals surface area contributed by atoms with E-state index in [4.69, 9.17) is 0 Å². The van der Waals surface area contributed by atoms with Crippen LogP contribution in [0.1, 0.15) is 43.2 Å². The third-order valence-corrected chi connectivity index (χ3v) is 3.72. The molecule has 0 spiro atoms. The fourth-order valence-corrected chi connectivity index (χ4v) is 2.81. The summed E-state index contributed by atoms with van der Waals surface area (Å²) in [6.07, 6.45) is 0.170. The van der Waals surface area contributed by atoms with E-state index in [0.29, 0.717) is 35.1 Å². The van der Waals surface area contributed by atoms with Crippen molar-refractivity contribution in [2.45, 2.75) is 40.2 Å². The molecule has 1 unspecified atom stereocenters. The Hall–Kier alpha value is -2.01. The second-order valence-corrected chi connectivity index (χ2v) is 6.87. The zero-order valence-corrected chi connectivity index (χ0v) is 14.0. The van der Waals surface area contributed by atoms with Crippen LogP contribution in [0.4, 0.5) is 4.39 Å². The van der Waals surface area contributed by atoms with Gasteiger partial charge in [-0.1, -0.05) is 13.8 Å². The Morgan fingerprint density at radius 2 is 2.09 bits per heavy atom. The van der Waals surface area contributed by atoms with Gasteiger partial charge in [-0.05, 0) is 43.9 Å². The minimum Gasteiger partial charge on any atom is -0.393 e. The van der Waals surface area contributed by atoms with E-state index in [2.05, 4.69) is 10.3 Å². The molecule has 0 bridgehead atoms. The number of carbonyl (C=O) groups is 1. The van der Waals surface area contributed by atoms with Crippen molar-refractivity contribution < 1.29 is 14.3 Å². The van der Waals surface area contributed by atoms with Crippen molar-refractivity contribution in [3.05, 3.63) is 41.3 Å². The molecule has 1 atom stereocenters. The molecule has 0 radical (unpaired) electrons. The van der Waals surface area contributed by atoms with Crippen molar-refractivity contribution in [1.82, 2.24) is 10.3 Å². The molecule has 0 aliphatic carbocycles. The molecule has 2 rings (SSSR count). The van der Waals surface area contributed by atoms with Crippen LogP contribution in [-0.4, -0.2) is 28.6 Å². The van der Waals surface area contributed by atoms with Crippen molar-refractivity contribution in [3.63, 3.8) is 0 Å². The van der Waals surface area contributed by atoms with Crippen molar-refractivity contribution >= 4 is 16.8 Å². The quantitative estimate of drug-likeness (QED) is 0.890. The fraction of sp³-hybridized carbons (Fsp3) is 0.444. The van der Waals surface area contributed by atoms with Crippen LogP contribution in [0.25, 0.3) is 10.9 Å². The number of pyridine rings is 1. The van der Waals surface area contributed by atoms with Gasteiger partial charge < -0.3 is 10.4 Å². The van der Waals surface area contributed by atoms with Gasteiger partial charge in [0.1, 0.15) is 5.82 Å². The Morgan fingerprint density at radius 3 is 2.74 bits per heavy atom. The number of aliphatic hydroxyl groups is 1. The first-order chi connectivity index (χ1) is 10.7. The molecule has 1 heterocycles. The van der Waals surface area contributed by atoms with Crippen LogP contribution in [0, 0.1) is 18.2 Å². The summed E-state index contributed by atoms with van der Waals surface area (Å²) in [6, 6.07) is 5.94. The average molecular weight is 318 g/mol. The maximum Gasteiger partial charge on any atom is 0.252 e. The van der Waals surface area contributed by atoms with Crippen LogP contribution >= 0.6 is 0 Å². The van der Waals surface area contributed by atoms with Gasteiger partial charge in [0.15, 0.2) is 0 Å². The topological polar surface area (TPSA) is 62.2 Å². The van der Waals surface area contributed by atoms with Gasteiger partial charge in [0.25, 0.3) is 5.91 Å². The molecule has 2 N–H and O–H groups in total. The first kappa shape index (κ1) is 17.3. The first-order valence-corrected chi connectivity index (χ1v) is 7.71. The fourth-order valence-electron chi connectivity index (χ4n) is 2.81. The van der Waals surface area contributed by atoms with E-state index in [1.54, 1.807) is 26.0 Å². The van der Waals surface area contributed by atoms with E-state index in [1.807, 2.05) is 13.8 Å². The summed E-state index contributed by atoms with van der Waals surface area (Å²) < 4.78 is 13.4. The second kappa shape index (κ2) is 6.62. The normalized spacial score (nSPS) is 13.1. The average Bonchev–Trinajstić information content (AvgIpc) is 2.42. The van der Waals surface area contributed by atoms with Gasteiger partial charge >= 0.3 is 0 Å². The Bertz CT molecular complexity index is 721. The predicted octanol–water partition coefficient (Wildman–Crippen LogP) is 3.21. The molecule has 0 fully saturated rings. The molecule has 124 valence electrons. The number of benzene rings is 1. The number of halogens is 1. The molecular weight excluding hydrogens is 295 g/mol. The zero-order valence-electron chi connectivity index (χ0n) is 14.0. The highest BCUT2D eigenvalue weighted by atomic mass is 19.1. The molecule has 1 aromatic heterocycles. The number of rotatable bonds is 5. The van der Waals surface area contributed by atoms with Crippen molar-refractivity contribution in [2.75, 3.05) is 6.54 Å². The molecule has 5 heteroatoms. The lowest BCUT2D eigenvalue weighted by atomic mass is 9.87. The van der Waals surface area contributed by atoms with E-state index < -0.39 is 6.10 Å². The molecule has 0 saturated carbocycles. The Balaban J connectivity index is 2.24. The van der Waals surface area contributed by atoms with Crippen LogP contribution in [0.15, 0.2) is 24.3 Å². The maximum absolute atomic E-state index is 13.4. The van der Waals surface area contributed by atoms with Gasteiger partial charge in [-0.15, -0.1) is 0 Å². The van der Waals surface area contributed by atoms with Crippen LogP contribution < -0.4 is 5.32 Å². The number of aryl methyl sites for hydroxylation is 1. The Morgan fingerprint density at radius 1 is 1.39 bits per heavy atom. The highest BCUT2D eigenvalue weighted by Crippen LogP contribution is 2.23. The third kappa shape index (κ3) is 4.48. The number of carbonyl (C=O) groups excluding carboxylic acids is 1. The SMILES string of the molecule is Cc1cc(C(=O)NCC(C)(C)CC(C)O)c2ccc(F)cc2n1. The summed E-state index contributed by atoms with van der Waals surface area (Å²) in [5, 5.41) is 13.1. The predicted molar refractivity (Wildman–Crippen MR) is 88.9 cm³/mol. The van der Waals surface area contributed by atoms with E-state index in [1.165, 1.54) is 12.1 Å². The number of hydrogen-bond acceptors (Lipinski definition) is 3. The molecule has 23 heavy (non-hydrogen) atoms. The number of aliphatic hydroxyl groups excluding tert-OH is 1. The number of nitrogens with zero attached hydrogens (tertiary/aromatic N) is 1. The zero-order chi connectivity index (χ0) is 17.2. The van der Waals surface area contributed by atoms with Gasteiger partial charge in [0, 0.05) is 23.7 Å². The van der Waals surface area contributed by atoms with Crippen molar-refractivity contribution in [1.29, 1.82) is 0 Å². The molecule has 0 aliphatic heterocycles. The number of aromatic nitrogens is 1. The van der Waals surface area contributed by atoms with Gasteiger partial charge in [-0.25, -0.2) is 4.39 Å². The van der Waals surface area contributed by atoms with E-state index in [-0.39, 0.29) is 17.1 Å². The summed E-state index contributed by atoms with van der Waals surface area (Å²) in [7, 11) is 0. The smallest absolute Gasteiger partial charge is 0.252 e. The van der Waals surface area contributed by atoms with Gasteiger partial charge in [-0.2, -0.15) is 0 Å². The number of nitrogens with one attached hydrogen (secondary N) is 1. The minimum atomic E-state index is -0.422. The van der Waals surface area contributed by atoms with Gasteiger partial charge in [-0.3, -0.25) is 9.78 Å². The monoisotopic (exact) mass is 318 g/mol. The van der Waals surface area contributed by atoms with E-state index in [0.717, 1.165) is 0 Å². The summed E-state index contributed by atoms with van der Waals surface area (Å²) in [5.74, 6) is -0.592. The van der Waals surface area contributed by atoms with Crippen molar-refractivity contribution in [3.8, 4) is 0 Å². The van der Waals surface area contributed by atoms with Crippen LogP contribution in [0.5, 0.6) is 0 Å². The third-order valence-electron chi connectivity index (χ3n) is 3.72. The van der Waals surface area contributed by atoms with Gasteiger partial charge in [0.2, 0.25) is 0 Å². The van der Waals surface area contributed by atoms with Crippen LogP contribution in [-0.2, 0) is 0 Å². The number of hydrogen-bond donors (Lipinski definition) is 2. The summed E-state index contributed by atoms with van der Waals surface area (Å²) in [4.78, 5) is 16.8. The molecule has 0 saturated heterocycles. The standard InChI is InChI=1S/C18H23FN2O2/c1-11-7-15(14-6-5-13(19)8-16(14)21-11)17(23)20-10-18(3,4)9-12(2)22/h5-8,12,22H,9-10H2,1-4H3,(H,20,23). The molecule has 1 aromatic carbocycles. The molecule has 4 nitrogen and oxygen atoms in total. The molecule has 2 aromatic rings. The van der Waals surface area contributed by atoms with Gasteiger partial charge in [0.05, 0.1) is 17.2 Å². The molecular formula is C18H23FN2O2. The number of amides is 1. The lowest BCUT2D eigenvalue weighted by molar-refractivity contribution is 0.0903. The Kier molecular flexibility index (Phi) is 5.00. The lowest BCUT2D eigenvalue weighted by Crippen LogP contribution is -2.35. The summed E-state index contributed by atoms with van der Waals surface area (Å²) in [6.45, 7) is 7.94. The van der Waals surface area contributed by atoms with Crippen LogP contribution in [0.2, 0.25) is 0 Å². The highest BCUT2D eigenvalue weighted by molar-refractivity contribution is 6.06. The Labute approximate surface area is 135 Å². The number of fused-ring (bicyclic) bond motifs is 1. The summed E-state index contributed by atoms with van der Waals surface area (Å²) in [5.41, 5.74) is 1.41. The van der Waals surface area contributed by atoms with Crippen LogP contribution in [0.3, 0.4) is 0 Å². The maximum atomic E-state index is 13.4. The highest BCUT2D eigenvalue weighted by Gasteiger charge is 2.22. The minimum absolute atomic E-state index is 0.214. The largest absolute Gasteiger partial charge is 0.393 e. The lowest BCUT2D eigenvalue weighted by Gasteiger charge is -2.26. The van der Waals surface area contributed by atoms with E-state index in [9.17, 15) is 14.3 Å². The van der Waals surface area contributed by atoms with E-state index >= 15 is 0 Å². The summed E-state index contributed by atoms with van der Waals surface area (Å²) >= 11 is 0. The molecule has 1 amide bonds. The van der Waals surface area contributed by atoms with Crippen molar-refractivity contribution in [2.24, 2.45) is 5.41 Å². The first-order valence-electron chi connectivity index (χ1n) is 7.71. The molecule has 0 aliphatic rings.